The zero-order valence-electron chi connectivity index (χ0n) is 11.2. The molecular weight excluding hydrogens is 308 g/mol. The van der Waals surface area contributed by atoms with Gasteiger partial charge in [-0.25, -0.2) is 9.78 Å². The molecule has 1 aliphatic heterocycles. The molecule has 7 nitrogen and oxygen atoms in total. The second-order valence-corrected chi connectivity index (χ2v) is 4.90. The lowest BCUT2D eigenvalue weighted by atomic mass is 10.3. The highest BCUT2D eigenvalue weighted by molar-refractivity contribution is 6.30. The summed E-state index contributed by atoms with van der Waals surface area (Å²) in [5, 5.41) is 8.36. The van der Waals surface area contributed by atoms with Crippen LogP contribution in [0.1, 0.15) is 0 Å². The van der Waals surface area contributed by atoms with E-state index in [0.717, 1.165) is 0 Å². The molecule has 112 valence electrons. The number of rotatable bonds is 2. The number of nitrogens with zero attached hydrogens (tertiary/aromatic N) is 1. The van der Waals surface area contributed by atoms with E-state index >= 15 is 0 Å². The second-order valence-electron chi connectivity index (χ2n) is 4.47. The van der Waals surface area contributed by atoms with E-state index in [2.05, 4.69) is 20.9 Å². The number of fused-ring (bicyclic) bond motifs is 1. The predicted molar refractivity (Wildman–Crippen MR) is 82.5 cm³/mol. The van der Waals surface area contributed by atoms with E-state index in [4.69, 9.17) is 16.3 Å². The molecule has 0 fully saturated rings. The van der Waals surface area contributed by atoms with E-state index in [1.807, 2.05) is 0 Å². The smallest absolute Gasteiger partial charge is 0.324 e. The number of carbonyl (C=O) groups is 2. The van der Waals surface area contributed by atoms with Crippen LogP contribution in [0.25, 0.3) is 0 Å². The van der Waals surface area contributed by atoms with E-state index < -0.39 is 6.03 Å². The lowest BCUT2D eigenvalue weighted by Gasteiger charge is -2.17. The van der Waals surface area contributed by atoms with Gasteiger partial charge >= 0.3 is 6.03 Å². The van der Waals surface area contributed by atoms with E-state index in [9.17, 15) is 9.59 Å². The fraction of sp³-hybridized carbons (Fsp3) is 0.0714. The Labute approximate surface area is 130 Å². The first-order valence-corrected chi connectivity index (χ1v) is 6.75. The van der Waals surface area contributed by atoms with Crippen LogP contribution < -0.4 is 20.7 Å². The third-order valence-corrected chi connectivity index (χ3v) is 3.07. The van der Waals surface area contributed by atoms with Gasteiger partial charge in [-0.05, 0) is 36.4 Å². The number of ether oxygens (including phenoxy) is 1. The van der Waals surface area contributed by atoms with Gasteiger partial charge in [0.15, 0.2) is 18.2 Å². The lowest BCUT2D eigenvalue weighted by molar-refractivity contribution is -0.118. The number of anilines is 3. The summed E-state index contributed by atoms with van der Waals surface area (Å²) in [5.41, 5.74) is 0.594. The van der Waals surface area contributed by atoms with Gasteiger partial charge in [0, 0.05) is 10.7 Å². The first-order chi connectivity index (χ1) is 10.6. The summed E-state index contributed by atoms with van der Waals surface area (Å²) in [7, 11) is 0. The summed E-state index contributed by atoms with van der Waals surface area (Å²) in [6.07, 6.45) is 0. The van der Waals surface area contributed by atoms with Crippen molar-refractivity contribution in [1.82, 2.24) is 4.98 Å². The minimum Gasteiger partial charge on any atom is -0.480 e. The van der Waals surface area contributed by atoms with Crippen molar-refractivity contribution in [1.29, 1.82) is 0 Å². The molecule has 0 radical (unpaired) electrons. The van der Waals surface area contributed by atoms with E-state index in [1.54, 1.807) is 36.4 Å². The topological polar surface area (TPSA) is 92.3 Å². The van der Waals surface area contributed by atoms with Crippen LogP contribution in [0.15, 0.2) is 36.4 Å². The Morgan fingerprint density at radius 3 is 2.73 bits per heavy atom. The molecule has 1 aromatic carbocycles. The van der Waals surface area contributed by atoms with Crippen molar-refractivity contribution in [2.75, 3.05) is 22.6 Å². The van der Waals surface area contributed by atoms with Gasteiger partial charge in [-0.3, -0.25) is 10.1 Å². The van der Waals surface area contributed by atoms with Gasteiger partial charge < -0.3 is 15.4 Å². The molecule has 1 aromatic heterocycles. The largest absolute Gasteiger partial charge is 0.480 e. The summed E-state index contributed by atoms with van der Waals surface area (Å²) >= 11 is 5.77. The first-order valence-electron chi connectivity index (χ1n) is 6.37. The molecule has 0 atom stereocenters. The van der Waals surface area contributed by atoms with Crippen LogP contribution >= 0.6 is 11.6 Å². The van der Waals surface area contributed by atoms with Crippen LogP contribution in [0.3, 0.4) is 0 Å². The van der Waals surface area contributed by atoms with Crippen LogP contribution in [0.5, 0.6) is 5.75 Å². The molecule has 3 rings (SSSR count). The molecule has 0 aliphatic carbocycles. The number of benzene rings is 1. The van der Waals surface area contributed by atoms with Gasteiger partial charge in [0.2, 0.25) is 0 Å². The highest BCUT2D eigenvalue weighted by Crippen LogP contribution is 2.26. The standard InChI is InChI=1S/C14H11ClN4O3/c15-8-1-3-9(4-2-8)16-14(21)18-11-6-5-10-13(17-11)19-12(20)7-22-10/h1-6H,7H2,(H3,16,17,18,19,20,21). The number of aromatic nitrogens is 1. The zero-order valence-corrected chi connectivity index (χ0v) is 12.0. The molecule has 0 saturated heterocycles. The van der Waals surface area contributed by atoms with Crippen LogP contribution in [0, 0.1) is 0 Å². The molecule has 3 N–H and O–H groups in total. The summed E-state index contributed by atoms with van der Waals surface area (Å²) in [5.74, 6) is 0.739. The molecule has 0 saturated carbocycles. The maximum atomic E-state index is 11.9. The number of urea groups is 1. The Hall–Kier alpha value is -2.80. The number of halogens is 1. The van der Waals surface area contributed by atoms with Crippen molar-refractivity contribution in [3.63, 3.8) is 0 Å². The number of amides is 3. The zero-order chi connectivity index (χ0) is 15.5. The Morgan fingerprint density at radius 1 is 1.18 bits per heavy atom. The van der Waals surface area contributed by atoms with Gasteiger partial charge in [-0.2, -0.15) is 0 Å². The summed E-state index contributed by atoms with van der Waals surface area (Å²) < 4.78 is 5.19. The maximum absolute atomic E-state index is 11.9. The third-order valence-electron chi connectivity index (χ3n) is 2.82. The van der Waals surface area contributed by atoms with Gasteiger partial charge in [0.1, 0.15) is 5.82 Å². The number of hydrogen-bond donors (Lipinski definition) is 3. The second kappa shape index (κ2) is 5.90. The molecular formula is C14H11ClN4O3. The van der Waals surface area contributed by atoms with Crippen molar-refractivity contribution >= 4 is 40.9 Å². The fourth-order valence-electron chi connectivity index (χ4n) is 1.85. The minimum atomic E-state index is -0.460. The minimum absolute atomic E-state index is 0.0431. The van der Waals surface area contributed by atoms with Crippen LogP contribution in [0.4, 0.5) is 22.1 Å². The van der Waals surface area contributed by atoms with E-state index in [1.165, 1.54) is 0 Å². The molecule has 1 aliphatic rings. The molecule has 2 heterocycles. The van der Waals surface area contributed by atoms with Crippen molar-refractivity contribution in [2.45, 2.75) is 0 Å². The highest BCUT2D eigenvalue weighted by Gasteiger charge is 2.17. The average molecular weight is 319 g/mol. The first kappa shape index (κ1) is 14.2. The normalized spacial score (nSPS) is 12.7. The fourth-order valence-corrected chi connectivity index (χ4v) is 1.97. The Balaban J connectivity index is 1.67. The van der Waals surface area contributed by atoms with Crippen molar-refractivity contribution in [2.24, 2.45) is 0 Å². The Bertz CT molecular complexity index is 733. The number of carbonyl (C=O) groups excluding carboxylic acids is 2. The molecule has 0 bridgehead atoms. The van der Waals surface area contributed by atoms with Crippen molar-refractivity contribution in [3.8, 4) is 5.75 Å². The lowest BCUT2D eigenvalue weighted by Crippen LogP contribution is -2.27. The van der Waals surface area contributed by atoms with Crippen LogP contribution in [-0.4, -0.2) is 23.5 Å². The van der Waals surface area contributed by atoms with Crippen molar-refractivity contribution in [3.05, 3.63) is 41.4 Å². The maximum Gasteiger partial charge on any atom is 0.324 e. The summed E-state index contributed by atoms with van der Waals surface area (Å²) in [6, 6.07) is 9.43. The van der Waals surface area contributed by atoms with E-state index in [-0.39, 0.29) is 24.1 Å². The highest BCUT2D eigenvalue weighted by atomic mass is 35.5. The van der Waals surface area contributed by atoms with Crippen LogP contribution in [0.2, 0.25) is 5.02 Å². The molecule has 0 unspecified atom stereocenters. The van der Waals surface area contributed by atoms with Gasteiger partial charge in [-0.15, -0.1) is 0 Å². The molecule has 22 heavy (non-hydrogen) atoms. The number of nitrogens with one attached hydrogen (secondary N) is 3. The third kappa shape index (κ3) is 3.26. The molecule has 8 heteroatoms. The predicted octanol–water partition coefficient (Wildman–Crippen LogP) is 2.71. The number of hydrogen-bond acceptors (Lipinski definition) is 4. The molecule has 3 amide bonds. The van der Waals surface area contributed by atoms with Crippen molar-refractivity contribution < 1.29 is 14.3 Å². The summed E-state index contributed by atoms with van der Waals surface area (Å²) in [4.78, 5) is 27.2. The van der Waals surface area contributed by atoms with Gasteiger partial charge in [0.05, 0.1) is 0 Å². The average Bonchev–Trinajstić information content (AvgIpc) is 2.49. The van der Waals surface area contributed by atoms with E-state index in [0.29, 0.717) is 16.5 Å². The quantitative estimate of drug-likeness (QED) is 0.793. The monoisotopic (exact) mass is 318 g/mol. The SMILES string of the molecule is O=C1COc2ccc(NC(=O)Nc3ccc(Cl)cc3)nc2N1. The summed E-state index contributed by atoms with van der Waals surface area (Å²) in [6.45, 7) is -0.0431. The Morgan fingerprint density at radius 2 is 1.95 bits per heavy atom. The van der Waals surface area contributed by atoms with Gasteiger partial charge in [0.25, 0.3) is 5.91 Å². The molecule has 0 spiro atoms. The van der Waals surface area contributed by atoms with Crippen LogP contribution in [-0.2, 0) is 4.79 Å². The Kier molecular flexibility index (Phi) is 3.80. The van der Waals surface area contributed by atoms with Gasteiger partial charge in [-0.1, -0.05) is 11.6 Å². The molecule has 2 aromatic rings. The number of pyridine rings is 1.